The average Bonchev–Trinajstić information content (AvgIpc) is 3.04. The Balaban J connectivity index is 1.71. The van der Waals surface area contributed by atoms with Crippen molar-refractivity contribution in [2.24, 2.45) is 0 Å². The van der Waals surface area contributed by atoms with Gasteiger partial charge in [-0.3, -0.25) is 0 Å². The molecule has 0 aliphatic rings. The Hall–Kier alpha value is -1.69. The minimum atomic E-state index is -0.231. The lowest BCUT2D eigenvalue weighted by Gasteiger charge is -2.15. The molecule has 0 amide bonds. The number of rotatable bonds is 7. The lowest BCUT2D eigenvalue weighted by Crippen LogP contribution is -2.12. The molecule has 1 heterocycles. The molecule has 3 aromatic rings. The summed E-state index contributed by atoms with van der Waals surface area (Å²) in [4.78, 5) is 0. The Bertz CT molecular complexity index is 867. The number of halogens is 2. The van der Waals surface area contributed by atoms with Gasteiger partial charge in [0.05, 0.1) is 0 Å². The summed E-state index contributed by atoms with van der Waals surface area (Å²) in [7, 11) is 0. The van der Waals surface area contributed by atoms with Crippen LogP contribution >= 0.6 is 35.0 Å². The van der Waals surface area contributed by atoms with Gasteiger partial charge in [-0.25, -0.2) is 0 Å². The van der Waals surface area contributed by atoms with E-state index in [1.54, 1.807) is 17.8 Å². The predicted molar refractivity (Wildman–Crippen MR) is 107 cm³/mol. The van der Waals surface area contributed by atoms with Gasteiger partial charge < -0.3 is 9.30 Å². The van der Waals surface area contributed by atoms with E-state index in [2.05, 4.69) is 21.7 Å². The van der Waals surface area contributed by atoms with Gasteiger partial charge in [-0.15, -0.1) is 10.2 Å². The summed E-state index contributed by atoms with van der Waals surface area (Å²) in [5.41, 5.74) is 1.19. The molecule has 1 atom stereocenters. The number of thioether (sulfide) groups is 1. The minimum absolute atomic E-state index is 0.231. The molecule has 1 unspecified atom stereocenters. The van der Waals surface area contributed by atoms with Crippen molar-refractivity contribution in [2.75, 3.05) is 0 Å². The van der Waals surface area contributed by atoms with Crippen molar-refractivity contribution in [3.8, 4) is 5.75 Å². The first-order valence-corrected chi connectivity index (χ1v) is 10.0. The van der Waals surface area contributed by atoms with Crippen molar-refractivity contribution < 1.29 is 4.74 Å². The molecule has 0 fully saturated rings. The molecular weight excluding hydrogens is 389 g/mol. The number of hydrogen-bond acceptors (Lipinski definition) is 4. The summed E-state index contributed by atoms with van der Waals surface area (Å²) in [6, 6.07) is 15.2. The highest BCUT2D eigenvalue weighted by Crippen LogP contribution is 2.27. The van der Waals surface area contributed by atoms with Gasteiger partial charge in [-0.2, -0.15) is 0 Å². The molecule has 136 valence electrons. The van der Waals surface area contributed by atoms with E-state index in [1.807, 2.05) is 49.4 Å². The molecule has 4 nitrogen and oxygen atoms in total. The van der Waals surface area contributed by atoms with Crippen LogP contribution in [-0.4, -0.2) is 14.8 Å². The van der Waals surface area contributed by atoms with Crippen molar-refractivity contribution in [1.29, 1.82) is 0 Å². The lowest BCUT2D eigenvalue weighted by molar-refractivity contribution is 0.210. The van der Waals surface area contributed by atoms with Crippen LogP contribution in [0.1, 0.15) is 31.3 Å². The molecule has 0 saturated carbocycles. The zero-order chi connectivity index (χ0) is 18.5. The Morgan fingerprint density at radius 1 is 1.08 bits per heavy atom. The second-order valence-corrected chi connectivity index (χ2v) is 7.53. The maximum absolute atomic E-state index is 6.02. The van der Waals surface area contributed by atoms with Crippen molar-refractivity contribution in [1.82, 2.24) is 14.8 Å². The van der Waals surface area contributed by atoms with Gasteiger partial charge in [0.15, 0.2) is 17.1 Å². The Morgan fingerprint density at radius 2 is 1.85 bits per heavy atom. The number of hydrogen-bond donors (Lipinski definition) is 0. The topological polar surface area (TPSA) is 39.9 Å². The van der Waals surface area contributed by atoms with Crippen molar-refractivity contribution in [2.45, 2.75) is 37.4 Å². The van der Waals surface area contributed by atoms with Crippen molar-refractivity contribution in [3.05, 3.63) is 70.0 Å². The summed E-state index contributed by atoms with van der Waals surface area (Å²) in [6.07, 6.45) is -0.231. The van der Waals surface area contributed by atoms with Gasteiger partial charge in [-0.05, 0) is 49.7 Å². The van der Waals surface area contributed by atoms with Gasteiger partial charge in [0.25, 0.3) is 0 Å². The summed E-state index contributed by atoms with van der Waals surface area (Å²) in [6.45, 7) is 4.81. The smallest absolute Gasteiger partial charge is 0.191 e. The molecule has 0 saturated heterocycles. The third-order valence-electron chi connectivity index (χ3n) is 3.82. The highest BCUT2D eigenvalue weighted by atomic mass is 35.5. The van der Waals surface area contributed by atoms with Crippen LogP contribution in [0.2, 0.25) is 10.0 Å². The zero-order valence-electron chi connectivity index (χ0n) is 14.5. The lowest BCUT2D eigenvalue weighted by atomic mass is 10.2. The van der Waals surface area contributed by atoms with E-state index < -0.39 is 0 Å². The molecule has 0 aliphatic heterocycles. The summed E-state index contributed by atoms with van der Waals surface area (Å²) in [5.74, 6) is 2.32. The molecule has 0 radical (unpaired) electrons. The largest absolute Gasteiger partial charge is 0.483 e. The maximum atomic E-state index is 6.02. The van der Waals surface area contributed by atoms with E-state index in [4.69, 9.17) is 27.9 Å². The summed E-state index contributed by atoms with van der Waals surface area (Å²) in [5, 5.41) is 10.9. The molecular formula is C19H19Cl2N3OS. The normalized spacial score (nSPS) is 12.2. The third-order valence-corrected chi connectivity index (χ3v) is 5.34. The first-order valence-electron chi connectivity index (χ1n) is 8.29. The number of aromatic nitrogens is 3. The average molecular weight is 408 g/mol. The van der Waals surface area contributed by atoms with Crippen molar-refractivity contribution in [3.63, 3.8) is 0 Å². The first kappa shape index (κ1) is 19.1. The van der Waals surface area contributed by atoms with E-state index in [-0.39, 0.29) is 6.10 Å². The van der Waals surface area contributed by atoms with Crippen LogP contribution in [0.15, 0.2) is 53.7 Å². The van der Waals surface area contributed by atoms with E-state index in [0.717, 1.165) is 28.3 Å². The SMILES string of the molecule is CCn1c(SCc2ccc(Cl)cc2)nnc1C(C)Oc1cccc(Cl)c1. The fraction of sp³-hybridized carbons (Fsp3) is 0.263. The molecule has 1 aromatic heterocycles. The maximum Gasteiger partial charge on any atom is 0.191 e. The second kappa shape index (κ2) is 8.80. The monoisotopic (exact) mass is 407 g/mol. The standard InChI is InChI=1S/C19H19Cl2N3OS/c1-3-24-18(13(2)25-17-6-4-5-16(21)11-17)22-23-19(24)26-12-14-7-9-15(20)10-8-14/h4-11,13H,3,12H2,1-2H3. The van der Waals surface area contributed by atoms with Crippen LogP contribution in [0.3, 0.4) is 0 Å². The number of benzene rings is 2. The molecule has 0 N–H and O–H groups in total. The van der Waals surface area contributed by atoms with Gasteiger partial charge in [0.2, 0.25) is 0 Å². The molecule has 0 aliphatic carbocycles. The van der Waals surface area contributed by atoms with Crippen molar-refractivity contribution >= 4 is 35.0 Å². The van der Waals surface area contributed by atoms with Crippen LogP contribution in [-0.2, 0) is 12.3 Å². The highest BCUT2D eigenvalue weighted by Gasteiger charge is 2.19. The van der Waals surface area contributed by atoms with Crippen LogP contribution in [0.4, 0.5) is 0 Å². The fourth-order valence-electron chi connectivity index (χ4n) is 2.53. The van der Waals surface area contributed by atoms with Gasteiger partial charge in [0.1, 0.15) is 5.75 Å². The number of ether oxygens (including phenoxy) is 1. The van der Waals surface area contributed by atoms with E-state index in [9.17, 15) is 0 Å². The van der Waals surface area contributed by atoms with Gasteiger partial charge >= 0.3 is 0 Å². The van der Waals surface area contributed by atoms with Gasteiger partial charge in [0, 0.05) is 22.3 Å². The van der Waals surface area contributed by atoms with Crippen LogP contribution in [0, 0.1) is 0 Å². The quantitative estimate of drug-likeness (QED) is 0.447. The summed E-state index contributed by atoms with van der Waals surface area (Å²) >= 11 is 13.6. The Kier molecular flexibility index (Phi) is 6.46. The highest BCUT2D eigenvalue weighted by molar-refractivity contribution is 7.98. The number of nitrogens with zero attached hydrogens (tertiary/aromatic N) is 3. The van der Waals surface area contributed by atoms with E-state index in [0.29, 0.717) is 10.8 Å². The zero-order valence-corrected chi connectivity index (χ0v) is 16.9. The summed E-state index contributed by atoms with van der Waals surface area (Å²) < 4.78 is 8.06. The van der Waals surface area contributed by atoms with Crippen LogP contribution in [0.5, 0.6) is 5.75 Å². The van der Waals surface area contributed by atoms with E-state index in [1.165, 1.54) is 5.56 Å². The van der Waals surface area contributed by atoms with E-state index >= 15 is 0 Å². The van der Waals surface area contributed by atoms with Crippen LogP contribution in [0.25, 0.3) is 0 Å². The molecule has 0 spiro atoms. The fourth-order valence-corrected chi connectivity index (χ4v) is 3.80. The minimum Gasteiger partial charge on any atom is -0.483 e. The Morgan fingerprint density at radius 3 is 2.54 bits per heavy atom. The first-order chi connectivity index (χ1) is 12.6. The third kappa shape index (κ3) is 4.72. The molecule has 2 aromatic carbocycles. The van der Waals surface area contributed by atoms with Gasteiger partial charge in [-0.1, -0.05) is 53.2 Å². The Labute approximate surface area is 167 Å². The molecule has 0 bridgehead atoms. The molecule has 26 heavy (non-hydrogen) atoms. The molecule has 3 rings (SSSR count). The predicted octanol–water partition coefficient (Wildman–Crippen LogP) is 6.04. The van der Waals surface area contributed by atoms with Crippen LogP contribution < -0.4 is 4.74 Å². The second-order valence-electron chi connectivity index (χ2n) is 5.72. The molecule has 7 heteroatoms.